The van der Waals surface area contributed by atoms with Gasteiger partial charge in [-0.05, 0) is 71.8 Å². The van der Waals surface area contributed by atoms with Crippen LogP contribution in [0.5, 0.6) is 0 Å². The van der Waals surface area contributed by atoms with Crippen LogP contribution in [0.4, 0.5) is 0 Å². The summed E-state index contributed by atoms with van der Waals surface area (Å²) in [6.07, 6.45) is 8.02. The smallest absolute Gasteiger partial charge is 0.328 e. The molecule has 150 valence electrons. The number of aryl methyl sites for hydroxylation is 1. The second-order valence-electron chi connectivity index (χ2n) is 9.27. The van der Waals surface area contributed by atoms with Gasteiger partial charge in [-0.1, -0.05) is 40.2 Å². The summed E-state index contributed by atoms with van der Waals surface area (Å²) in [6.45, 7) is 8.43. The van der Waals surface area contributed by atoms with E-state index in [1.807, 2.05) is 6.07 Å². The quantitative estimate of drug-likeness (QED) is 0.449. The Morgan fingerprint density at radius 3 is 2.50 bits per heavy atom. The molecule has 4 nitrogen and oxygen atoms in total. The van der Waals surface area contributed by atoms with Gasteiger partial charge in [0.15, 0.2) is 5.78 Å². The molecule has 0 heterocycles. The molecule has 1 aromatic carbocycles. The summed E-state index contributed by atoms with van der Waals surface area (Å²) in [4.78, 5) is 35.6. The molecule has 0 aromatic heterocycles. The van der Waals surface area contributed by atoms with Gasteiger partial charge in [0.05, 0.1) is 0 Å². The molecule has 28 heavy (non-hydrogen) atoms. The number of carboxylic acid groups (broad SMARTS) is 1. The van der Waals surface area contributed by atoms with Crippen LogP contribution in [0.3, 0.4) is 0 Å². The largest absolute Gasteiger partial charge is 0.478 e. The number of fused-ring (bicyclic) bond motifs is 3. The van der Waals surface area contributed by atoms with Gasteiger partial charge in [0.1, 0.15) is 6.29 Å². The zero-order chi connectivity index (χ0) is 20.7. The van der Waals surface area contributed by atoms with E-state index in [0.29, 0.717) is 5.56 Å². The van der Waals surface area contributed by atoms with Crippen molar-refractivity contribution in [3.05, 3.63) is 46.5 Å². The van der Waals surface area contributed by atoms with Gasteiger partial charge >= 0.3 is 5.97 Å². The molecule has 0 spiro atoms. The van der Waals surface area contributed by atoms with Crippen molar-refractivity contribution in [2.75, 3.05) is 0 Å². The van der Waals surface area contributed by atoms with Gasteiger partial charge in [0, 0.05) is 17.1 Å². The van der Waals surface area contributed by atoms with E-state index in [9.17, 15) is 14.4 Å². The minimum absolute atomic E-state index is 0.136. The molecule has 0 amide bonds. The van der Waals surface area contributed by atoms with Gasteiger partial charge in [-0.15, -0.1) is 0 Å². The highest BCUT2D eigenvalue weighted by Crippen LogP contribution is 2.56. The Kier molecular flexibility index (Phi) is 5.35. The maximum atomic E-state index is 12.8. The molecule has 0 bridgehead atoms. The lowest BCUT2D eigenvalue weighted by Gasteiger charge is -2.53. The number of aliphatic carboxylic acids is 1. The number of benzene rings is 1. The van der Waals surface area contributed by atoms with Crippen LogP contribution < -0.4 is 0 Å². The van der Waals surface area contributed by atoms with E-state index in [2.05, 4.69) is 33.8 Å². The molecule has 3 unspecified atom stereocenters. The van der Waals surface area contributed by atoms with Gasteiger partial charge in [-0.2, -0.15) is 0 Å². The first-order chi connectivity index (χ1) is 13.1. The topological polar surface area (TPSA) is 71.4 Å². The zero-order valence-corrected chi connectivity index (χ0v) is 17.2. The summed E-state index contributed by atoms with van der Waals surface area (Å²) in [5, 5.41) is 8.89. The molecule has 2 aliphatic rings. The third kappa shape index (κ3) is 3.34. The average Bonchev–Trinajstić information content (AvgIpc) is 2.64. The molecule has 1 N–H and O–H groups in total. The van der Waals surface area contributed by atoms with Gasteiger partial charge in [-0.25, -0.2) is 4.79 Å². The maximum absolute atomic E-state index is 12.8. The predicted octanol–water partition coefficient (Wildman–Crippen LogP) is 4.84. The molecular formula is C24H30O4. The number of carbonyl (C=O) groups is 3. The van der Waals surface area contributed by atoms with Crippen LogP contribution in [0.1, 0.15) is 86.3 Å². The highest BCUT2D eigenvalue weighted by Gasteiger charge is 2.52. The number of rotatable bonds is 5. The van der Waals surface area contributed by atoms with E-state index in [4.69, 9.17) is 5.11 Å². The highest BCUT2D eigenvalue weighted by atomic mass is 16.4. The van der Waals surface area contributed by atoms with E-state index >= 15 is 0 Å². The number of hydrogen-bond donors (Lipinski definition) is 1. The number of aldehydes is 1. The highest BCUT2D eigenvalue weighted by molar-refractivity contribution is 6.08. The van der Waals surface area contributed by atoms with Crippen LogP contribution in [-0.2, 0) is 21.4 Å². The Hall–Kier alpha value is -2.23. The lowest BCUT2D eigenvalue weighted by Crippen LogP contribution is -2.49. The summed E-state index contributed by atoms with van der Waals surface area (Å²) in [6, 6.07) is 4.15. The van der Waals surface area contributed by atoms with Gasteiger partial charge in [0.25, 0.3) is 0 Å². The number of allylic oxidation sites excluding steroid dienone is 1. The summed E-state index contributed by atoms with van der Waals surface area (Å²) in [7, 11) is 0. The predicted molar refractivity (Wildman–Crippen MR) is 109 cm³/mol. The first-order valence-corrected chi connectivity index (χ1v) is 10.2. The average molecular weight is 383 g/mol. The summed E-state index contributed by atoms with van der Waals surface area (Å²) in [5.41, 5.74) is 3.54. The number of carbonyl (C=O) groups excluding carboxylic acids is 2. The van der Waals surface area contributed by atoms with Crippen molar-refractivity contribution in [2.45, 2.75) is 71.1 Å². The van der Waals surface area contributed by atoms with Crippen molar-refractivity contribution < 1.29 is 19.5 Å². The van der Waals surface area contributed by atoms with Crippen LogP contribution in [0.15, 0.2) is 24.3 Å². The monoisotopic (exact) mass is 382 g/mol. The van der Waals surface area contributed by atoms with Gasteiger partial charge in [0.2, 0.25) is 0 Å². The van der Waals surface area contributed by atoms with Crippen molar-refractivity contribution in [1.29, 1.82) is 0 Å². The molecule has 3 rings (SSSR count). The lowest BCUT2D eigenvalue weighted by atomic mass is 9.50. The molecule has 0 radical (unpaired) electrons. The van der Waals surface area contributed by atoms with Crippen LogP contribution in [0.25, 0.3) is 0 Å². The van der Waals surface area contributed by atoms with Crippen molar-refractivity contribution in [2.24, 2.45) is 11.3 Å². The maximum Gasteiger partial charge on any atom is 0.328 e. The second kappa shape index (κ2) is 7.31. The Labute approximate surface area is 167 Å². The number of hydrogen-bond acceptors (Lipinski definition) is 3. The van der Waals surface area contributed by atoms with Crippen LogP contribution >= 0.6 is 0 Å². The minimum atomic E-state index is -1.13. The van der Waals surface area contributed by atoms with Gasteiger partial charge in [-0.3, -0.25) is 4.79 Å². The molecule has 2 aliphatic carbocycles. The SMILES string of the molecule is CC(C)c1cc2c(cc1C(=O)/C=C/C(=O)O)C1(C)CCCC(C)(C=O)C1CC2. The summed E-state index contributed by atoms with van der Waals surface area (Å²) in [5.74, 6) is -0.965. The molecule has 1 fully saturated rings. The lowest BCUT2D eigenvalue weighted by molar-refractivity contribution is -0.131. The summed E-state index contributed by atoms with van der Waals surface area (Å²) >= 11 is 0. The summed E-state index contributed by atoms with van der Waals surface area (Å²) < 4.78 is 0. The zero-order valence-electron chi connectivity index (χ0n) is 17.2. The van der Waals surface area contributed by atoms with E-state index in [-0.39, 0.29) is 28.4 Å². The Bertz CT molecular complexity index is 850. The molecule has 0 aliphatic heterocycles. The van der Waals surface area contributed by atoms with Crippen molar-refractivity contribution in [1.82, 2.24) is 0 Å². The first kappa shape index (κ1) is 20.5. The molecule has 1 saturated carbocycles. The third-order valence-corrected chi connectivity index (χ3v) is 7.10. The molecule has 3 atom stereocenters. The molecule has 4 heteroatoms. The third-order valence-electron chi connectivity index (χ3n) is 7.10. The van der Waals surface area contributed by atoms with E-state index in [1.54, 1.807) is 0 Å². The molecule has 1 aromatic rings. The fraction of sp³-hybridized carbons (Fsp3) is 0.542. The van der Waals surface area contributed by atoms with E-state index in [1.165, 1.54) is 11.1 Å². The van der Waals surface area contributed by atoms with Crippen LogP contribution in [0, 0.1) is 11.3 Å². The normalized spacial score (nSPS) is 29.4. The van der Waals surface area contributed by atoms with Crippen molar-refractivity contribution >= 4 is 18.0 Å². The Morgan fingerprint density at radius 1 is 1.18 bits per heavy atom. The number of carboxylic acids is 1. The second-order valence-corrected chi connectivity index (χ2v) is 9.27. The standard InChI is InChI=1S/C24H30O4/c1-15(2)17-12-16-6-8-21-23(3,14-25)10-5-11-24(21,4)19(16)13-18(17)20(26)7-9-22(27)28/h7,9,12-15,21H,5-6,8,10-11H2,1-4H3,(H,27,28)/b9-7+. The van der Waals surface area contributed by atoms with Gasteiger partial charge < -0.3 is 9.90 Å². The fourth-order valence-electron chi connectivity index (χ4n) is 5.65. The Balaban J connectivity index is 2.15. The van der Waals surface area contributed by atoms with Crippen LogP contribution in [0.2, 0.25) is 0 Å². The fourth-order valence-corrected chi connectivity index (χ4v) is 5.65. The number of ketones is 1. The molecular weight excluding hydrogens is 352 g/mol. The first-order valence-electron chi connectivity index (χ1n) is 10.2. The minimum Gasteiger partial charge on any atom is -0.478 e. The van der Waals surface area contributed by atoms with E-state index in [0.717, 1.165) is 56.1 Å². The molecule has 0 saturated heterocycles. The van der Waals surface area contributed by atoms with Crippen molar-refractivity contribution in [3.8, 4) is 0 Å². The van der Waals surface area contributed by atoms with E-state index < -0.39 is 5.97 Å². The van der Waals surface area contributed by atoms with Crippen LogP contribution in [-0.4, -0.2) is 23.1 Å². The Morgan fingerprint density at radius 2 is 1.89 bits per heavy atom. The van der Waals surface area contributed by atoms with Crippen molar-refractivity contribution in [3.63, 3.8) is 0 Å².